The van der Waals surface area contributed by atoms with Crippen molar-refractivity contribution in [2.24, 2.45) is 0 Å². The summed E-state index contributed by atoms with van der Waals surface area (Å²) < 4.78 is 5.25. The van der Waals surface area contributed by atoms with E-state index in [0.29, 0.717) is 45.9 Å². The molecule has 2 rings (SSSR count). The molecule has 2 heterocycles. The molecule has 19 heavy (non-hydrogen) atoms. The van der Waals surface area contributed by atoms with Crippen molar-refractivity contribution < 1.29 is 14.3 Å². The van der Waals surface area contributed by atoms with Gasteiger partial charge >= 0.3 is 6.03 Å². The summed E-state index contributed by atoms with van der Waals surface area (Å²) in [6.45, 7) is 5.91. The molecule has 0 spiro atoms. The Kier molecular flexibility index (Phi) is 4.98. The Labute approximate surface area is 113 Å². The van der Waals surface area contributed by atoms with Crippen LogP contribution in [0, 0.1) is 0 Å². The lowest BCUT2D eigenvalue weighted by Crippen LogP contribution is -2.55. The molecule has 1 N–H and O–H groups in total. The average Bonchev–Trinajstić information content (AvgIpc) is 2.48. The first-order valence-corrected chi connectivity index (χ1v) is 6.75. The zero-order valence-corrected chi connectivity index (χ0v) is 11.4. The van der Waals surface area contributed by atoms with Crippen LogP contribution in [0.3, 0.4) is 0 Å². The van der Waals surface area contributed by atoms with Crippen LogP contribution in [0.2, 0.25) is 0 Å². The fraction of sp³-hybridized carbons (Fsp3) is 0.833. The van der Waals surface area contributed by atoms with Crippen LogP contribution in [0.15, 0.2) is 0 Å². The molecule has 0 aliphatic carbocycles. The van der Waals surface area contributed by atoms with E-state index in [9.17, 15) is 9.59 Å². The van der Waals surface area contributed by atoms with Crippen molar-refractivity contribution in [1.82, 2.24) is 20.0 Å². The highest BCUT2D eigenvalue weighted by Gasteiger charge is 2.26. The quantitative estimate of drug-likeness (QED) is 0.685. The maximum Gasteiger partial charge on any atom is 0.320 e. The molecular formula is C12H22N4O3. The predicted octanol–water partition coefficient (Wildman–Crippen LogP) is -1.20. The number of amides is 3. The number of ether oxygens (including phenoxy) is 1. The summed E-state index contributed by atoms with van der Waals surface area (Å²) >= 11 is 0. The molecule has 2 saturated heterocycles. The molecule has 7 heteroatoms. The van der Waals surface area contributed by atoms with Gasteiger partial charge < -0.3 is 19.9 Å². The second-order valence-electron chi connectivity index (χ2n) is 4.82. The molecule has 2 aliphatic rings. The second kappa shape index (κ2) is 6.72. The summed E-state index contributed by atoms with van der Waals surface area (Å²) in [6.07, 6.45) is 0. The van der Waals surface area contributed by atoms with E-state index in [1.165, 1.54) is 0 Å². The molecule has 0 aromatic rings. The van der Waals surface area contributed by atoms with Crippen molar-refractivity contribution in [2.75, 3.05) is 66.1 Å². The molecule has 2 fully saturated rings. The Balaban J connectivity index is 1.76. The molecule has 0 unspecified atom stereocenters. The van der Waals surface area contributed by atoms with Crippen molar-refractivity contribution >= 4 is 11.9 Å². The summed E-state index contributed by atoms with van der Waals surface area (Å²) in [5.74, 6) is 0.0213. The molecule has 7 nitrogen and oxygen atoms in total. The topological polar surface area (TPSA) is 65.1 Å². The standard InChI is InChI=1S/C12H22N4O3/c1-13-11(17)10-14-2-4-15(5-3-14)12(18)16-6-8-19-9-7-16/h2-10H2,1H3,(H,13,17). The summed E-state index contributed by atoms with van der Waals surface area (Å²) in [4.78, 5) is 29.3. The Morgan fingerprint density at radius 3 is 2.16 bits per heavy atom. The van der Waals surface area contributed by atoms with E-state index in [1.54, 1.807) is 7.05 Å². The summed E-state index contributed by atoms with van der Waals surface area (Å²) in [5.41, 5.74) is 0. The van der Waals surface area contributed by atoms with Gasteiger partial charge in [0, 0.05) is 46.3 Å². The fourth-order valence-corrected chi connectivity index (χ4v) is 2.33. The minimum Gasteiger partial charge on any atom is -0.378 e. The van der Waals surface area contributed by atoms with Gasteiger partial charge in [-0.2, -0.15) is 0 Å². The lowest BCUT2D eigenvalue weighted by atomic mass is 10.3. The van der Waals surface area contributed by atoms with E-state index < -0.39 is 0 Å². The van der Waals surface area contributed by atoms with E-state index in [-0.39, 0.29) is 11.9 Å². The monoisotopic (exact) mass is 270 g/mol. The van der Waals surface area contributed by atoms with Crippen LogP contribution in [0.5, 0.6) is 0 Å². The molecule has 0 atom stereocenters. The van der Waals surface area contributed by atoms with Crippen LogP contribution >= 0.6 is 0 Å². The first-order chi connectivity index (χ1) is 9.20. The maximum atomic E-state index is 12.2. The highest BCUT2D eigenvalue weighted by Crippen LogP contribution is 2.07. The number of piperazine rings is 1. The minimum absolute atomic E-state index is 0.0213. The Morgan fingerprint density at radius 1 is 1.00 bits per heavy atom. The third-order valence-corrected chi connectivity index (χ3v) is 3.57. The van der Waals surface area contributed by atoms with Gasteiger partial charge in [0.15, 0.2) is 0 Å². The number of likely N-dealkylation sites (N-methyl/N-ethyl adjacent to an activating group) is 1. The summed E-state index contributed by atoms with van der Waals surface area (Å²) in [7, 11) is 1.64. The Morgan fingerprint density at radius 2 is 1.58 bits per heavy atom. The van der Waals surface area contributed by atoms with Crippen LogP contribution in [-0.2, 0) is 9.53 Å². The van der Waals surface area contributed by atoms with Gasteiger partial charge in [-0.1, -0.05) is 0 Å². The number of carbonyl (C=O) groups excluding carboxylic acids is 2. The average molecular weight is 270 g/mol. The lowest BCUT2D eigenvalue weighted by Gasteiger charge is -2.38. The van der Waals surface area contributed by atoms with Gasteiger partial charge in [0.2, 0.25) is 5.91 Å². The van der Waals surface area contributed by atoms with Crippen LogP contribution in [0.4, 0.5) is 4.79 Å². The SMILES string of the molecule is CNC(=O)CN1CCN(C(=O)N2CCOCC2)CC1. The first kappa shape index (κ1) is 14.1. The number of urea groups is 1. The first-order valence-electron chi connectivity index (χ1n) is 6.75. The van der Waals surface area contributed by atoms with Crippen LogP contribution in [0.25, 0.3) is 0 Å². The number of nitrogens with zero attached hydrogens (tertiary/aromatic N) is 3. The normalized spacial score (nSPS) is 21.3. The van der Waals surface area contributed by atoms with Crippen LogP contribution in [0.1, 0.15) is 0 Å². The number of morpholine rings is 1. The number of hydrogen-bond donors (Lipinski definition) is 1. The van der Waals surface area contributed by atoms with Gasteiger partial charge in [-0.15, -0.1) is 0 Å². The van der Waals surface area contributed by atoms with Crippen LogP contribution < -0.4 is 5.32 Å². The van der Waals surface area contributed by atoms with Crippen molar-refractivity contribution in [2.45, 2.75) is 0 Å². The van der Waals surface area contributed by atoms with Crippen LogP contribution in [-0.4, -0.2) is 92.7 Å². The molecule has 3 amide bonds. The van der Waals surface area contributed by atoms with Crippen molar-refractivity contribution in [3.8, 4) is 0 Å². The summed E-state index contributed by atoms with van der Waals surface area (Å²) in [6, 6.07) is 0.0999. The zero-order valence-electron chi connectivity index (χ0n) is 11.4. The third-order valence-electron chi connectivity index (χ3n) is 3.57. The molecule has 0 bridgehead atoms. The Hall–Kier alpha value is -1.34. The highest BCUT2D eigenvalue weighted by atomic mass is 16.5. The van der Waals surface area contributed by atoms with Crippen molar-refractivity contribution in [3.05, 3.63) is 0 Å². The van der Waals surface area contributed by atoms with Gasteiger partial charge in [-0.3, -0.25) is 9.69 Å². The summed E-state index contributed by atoms with van der Waals surface area (Å²) in [5, 5.41) is 2.61. The third kappa shape index (κ3) is 3.81. The molecule has 0 radical (unpaired) electrons. The van der Waals surface area contributed by atoms with E-state index in [2.05, 4.69) is 10.2 Å². The van der Waals surface area contributed by atoms with E-state index >= 15 is 0 Å². The fourth-order valence-electron chi connectivity index (χ4n) is 2.33. The molecule has 0 aromatic heterocycles. The highest BCUT2D eigenvalue weighted by molar-refractivity contribution is 5.78. The zero-order chi connectivity index (χ0) is 13.7. The van der Waals surface area contributed by atoms with E-state index in [1.807, 2.05) is 9.80 Å². The van der Waals surface area contributed by atoms with Gasteiger partial charge in [-0.05, 0) is 0 Å². The van der Waals surface area contributed by atoms with Gasteiger partial charge in [0.05, 0.1) is 19.8 Å². The largest absolute Gasteiger partial charge is 0.378 e. The number of carbonyl (C=O) groups is 2. The molecule has 0 saturated carbocycles. The Bertz CT molecular complexity index is 323. The molecule has 0 aromatic carbocycles. The van der Waals surface area contributed by atoms with Gasteiger partial charge in [0.25, 0.3) is 0 Å². The second-order valence-corrected chi connectivity index (χ2v) is 4.82. The molecular weight excluding hydrogens is 248 g/mol. The number of rotatable bonds is 2. The van der Waals surface area contributed by atoms with Gasteiger partial charge in [-0.25, -0.2) is 4.79 Å². The number of hydrogen-bond acceptors (Lipinski definition) is 4. The molecule has 2 aliphatic heterocycles. The minimum atomic E-state index is 0.0213. The molecule has 108 valence electrons. The van der Waals surface area contributed by atoms with Crippen molar-refractivity contribution in [1.29, 1.82) is 0 Å². The predicted molar refractivity (Wildman–Crippen MR) is 69.9 cm³/mol. The lowest BCUT2D eigenvalue weighted by molar-refractivity contribution is -0.122. The van der Waals surface area contributed by atoms with E-state index in [0.717, 1.165) is 13.1 Å². The smallest absolute Gasteiger partial charge is 0.320 e. The maximum absolute atomic E-state index is 12.2. The van der Waals surface area contributed by atoms with E-state index in [4.69, 9.17) is 4.74 Å². The van der Waals surface area contributed by atoms with Crippen molar-refractivity contribution in [3.63, 3.8) is 0 Å². The number of nitrogens with one attached hydrogen (secondary N) is 1. The van der Waals surface area contributed by atoms with Gasteiger partial charge in [0.1, 0.15) is 0 Å².